The third kappa shape index (κ3) is 2.08. The fourth-order valence-corrected chi connectivity index (χ4v) is 1.59. The van der Waals surface area contributed by atoms with Crippen molar-refractivity contribution in [3.8, 4) is 5.75 Å². The van der Waals surface area contributed by atoms with Crippen molar-refractivity contribution in [1.29, 1.82) is 0 Å². The maximum absolute atomic E-state index is 13.6. The maximum atomic E-state index is 13.6. The summed E-state index contributed by atoms with van der Waals surface area (Å²) in [7, 11) is 1.60. The fourth-order valence-electron chi connectivity index (χ4n) is 1.59. The number of benzene rings is 1. The first-order chi connectivity index (χ1) is 7.70. The molecule has 0 spiro atoms. The Morgan fingerprint density at radius 1 is 1.25 bits per heavy atom. The Morgan fingerprint density at radius 3 is 2.50 bits per heavy atom. The quantitative estimate of drug-likeness (QED) is 0.757. The van der Waals surface area contributed by atoms with Crippen LogP contribution >= 0.6 is 0 Å². The van der Waals surface area contributed by atoms with Gasteiger partial charge in [-0.1, -0.05) is 12.1 Å². The van der Waals surface area contributed by atoms with Gasteiger partial charge in [0.1, 0.15) is 11.5 Å². The van der Waals surface area contributed by atoms with Crippen molar-refractivity contribution >= 4 is 5.57 Å². The van der Waals surface area contributed by atoms with Crippen LogP contribution in [-0.4, -0.2) is 7.11 Å². The Balaban J connectivity index is 2.27. The number of allylic oxidation sites excluding steroid dienone is 3. The summed E-state index contributed by atoms with van der Waals surface area (Å²) in [6.07, 6.45) is 2.42. The van der Waals surface area contributed by atoms with Gasteiger partial charge < -0.3 is 9.47 Å². The summed E-state index contributed by atoms with van der Waals surface area (Å²) in [5.41, 5.74) is 1.40. The molecule has 0 aromatic heterocycles. The minimum absolute atomic E-state index is 0.509. The Bertz CT molecular complexity index is 444. The molecule has 0 saturated heterocycles. The second kappa shape index (κ2) is 4.39. The number of rotatable bonds is 2. The lowest BCUT2D eigenvalue weighted by atomic mass is 10.0. The maximum Gasteiger partial charge on any atom is 0.281 e. The monoisotopic (exact) mass is 220 g/mol. The molecule has 0 unspecified atom stereocenters. The van der Waals surface area contributed by atoms with Crippen LogP contribution in [0.1, 0.15) is 18.9 Å². The van der Waals surface area contributed by atoms with Crippen LogP contribution in [0.5, 0.6) is 5.75 Å². The Labute approximate surface area is 94.0 Å². The van der Waals surface area contributed by atoms with Gasteiger partial charge in [-0.25, -0.2) is 0 Å². The Morgan fingerprint density at radius 2 is 1.94 bits per heavy atom. The van der Waals surface area contributed by atoms with Crippen molar-refractivity contribution in [3.05, 3.63) is 47.7 Å². The second-order valence-electron chi connectivity index (χ2n) is 3.60. The van der Waals surface area contributed by atoms with E-state index in [1.807, 2.05) is 18.2 Å². The van der Waals surface area contributed by atoms with Crippen LogP contribution in [0.15, 0.2) is 42.1 Å². The van der Waals surface area contributed by atoms with Gasteiger partial charge in [0.05, 0.1) is 7.11 Å². The molecule has 0 aliphatic carbocycles. The molecule has 0 amide bonds. The number of methoxy groups -OCH3 is 1. The van der Waals surface area contributed by atoms with E-state index in [4.69, 9.17) is 9.47 Å². The minimum atomic E-state index is -0.509. The average molecular weight is 220 g/mol. The van der Waals surface area contributed by atoms with E-state index in [1.54, 1.807) is 26.2 Å². The highest BCUT2D eigenvalue weighted by Gasteiger charge is 2.15. The van der Waals surface area contributed by atoms with Crippen LogP contribution in [-0.2, 0) is 4.74 Å². The van der Waals surface area contributed by atoms with Crippen LogP contribution in [0.4, 0.5) is 4.39 Å². The van der Waals surface area contributed by atoms with Gasteiger partial charge in [0.2, 0.25) is 0 Å². The highest BCUT2D eigenvalue weighted by atomic mass is 19.1. The van der Waals surface area contributed by atoms with E-state index in [-0.39, 0.29) is 0 Å². The molecule has 2 rings (SSSR count). The topological polar surface area (TPSA) is 18.5 Å². The lowest BCUT2D eigenvalue weighted by molar-refractivity contribution is 0.213. The molecular weight excluding hydrogens is 207 g/mol. The first kappa shape index (κ1) is 10.7. The number of ether oxygens (including phenoxy) is 2. The molecule has 1 aliphatic rings. The summed E-state index contributed by atoms with van der Waals surface area (Å²) < 4.78 is 23.6. The van der Waals surface area contributed by atoms with E-state index >= 15 is 0 Å². The largest absolute Gasteiger partial charge is 0.497 e. The predicted molar refractivity (Wildman–Crippen MR) is 60.5 cm³/mol. The zero-order chi connectivity index (χ0) is 11.5. The zero-order valence-corrected chi connectivity index (χ0v) is 9.29. The normalized spacial score (nSPS) is 15.6. The van der Waals surface area contributed by atoms with Crippen molar-refractivity contribution in [2.45, 2.75) is 13.3 Å². The van der Waals surface area contributed by atoms with Crippen LogP contribution in [0, 0.1) is 0 Å². The molecule has 1 aromatic carbocycles. The van der Waals surface area contributed by atoms with Crippen molar-refractivity contribution in [3.63, 3.8) is 0 Å². The summed E-state index contributed by atoms with van der Waals surface area (Å²) in [5.74, 6) is 1.36. The highest BCUT2D eigenvalue weighted by Crippen LogP contribution is 2.31. The molecule has 0 radical (unpaired) electrons. The van der Waals surface area contributed by atoms with Crippen molar-refractivity contribution in [1.82, 2.24) is 0 Å². The summed E-state index contributed by atoms with van der Waals surface area (Å²) in [6.45, 7) is 1.74. The van der Waals surface area contributed by atoms with Crippen molar-refractivity contribution in [2.75, 3.05) is 7.11 Å². The number of halogens is 1. The zero-order valence-electron chi connectivity index (χ0n) is 9.29. The van der Waals surface area contributed by atoms with E-state index in [0.29, 0.717) is 17.8 Å². The molecule has 1 aliphatic heterocycles. The van der Waals surface area contributed by atoms with E-state index in [2.05, 4.69) is 0 Å². The van der Waals surface area contributed by atoms with Gasteiger partial charge in [-0.3, -0.25) is 0 Å². The fraction of sp³-hybridized carbons (Fsp3) is 0.231. The summed E-state index contributed by atoms with van der Waals surface area (Å²) in [4.78, 5) is 0. The van der Waals surface area contributed by atoms with E-state index in [9.17, 15) is 4.39 Å². The highest BCUT2D eigenvalue weighted by molar-refractivity contribution is 5.68. The van der Waals surface area contributed by atoms with Gasteiger partial charge >= 0.3 is 0 Å². The van der Waals surface area contributed by atoms with Crippen LogP contribution in [0.25, 0.3) is 5.57 Å². The second-order valence-corrected chi connectivity index (χ2v) is 3.60. The van der Waals surface area contributed by atoms with Crippen molar-refractivity contribution < 1.29 is 13.9 Å². The average Bonchev–Trinajstić information content (AvgIpc) is 2.29. The van der Waals surface area contributed by atoms with Crippen LogP contribution in [0.2, 0.25) is 0 Å². The predicted octanol–water partition coefficient (Wildman–Crippen LogP) is 3.66. The van der Waals surface area contributed by atoms with Gasteiger partial charge in [0.15, 0.2) is 0 Å². The lowest BCUT2D eigenvalue weighted by Gasteiger charge is -2.14. The van der Waals surface area contributed by atoms with E-state index < -0.39 is 6.01 Å². The molecule has 0 fully saturated rings. The third-order valence-electron chi connectivity index (χ3n) is 2.52. The molecular formula is C13H13FO2. The van der Waals surface area contributed by atoms with Gasteiger partial charge in [0, 0.05) is 12.0 Å². The molecule has 84 valence electrons. The molecule has 2 nitrogen and oxygen atoms in total. The standard InChI is InChI=1S/C13H13FO2/c1-9-3-8-12(13(14)16-9)10-4-6-11(15-2)7-5-10/h3-7H,8H2,1-2H3. The molecule has 1 aromatic rings. The molecule has 16 heavy (non-hydrogen) atoms. The smallest absolute Gasteiger partial charge is 0.281 e. The summed E-state index contributed by atoms with van der Waals surface area (Å²) >= 11 is 0. The lowest BCUT2D eigenvalue weighted by Crippen LogP contribution is -1.98. The van der Waals surface area contributed by atoms with Gasteiger partial charge in [-0.15, -0.1) is 0 Å². The van der Waals surface area contributed by atoms with Gasteiger partial charge in [-0.2, -0.15) is 4.39 Å². The molecule has 1 heterocycles. The molecule has 0 N–H and O–H groups in total. The Kier molecular flexibility index (Phi) is 2.95. The number of hydrogen-bond acceptors (Lipinski definition) is 2. The molecule has 0 saturated carbocycles. The molecule has 3 heteroatoms. The molecule has 0 bridgehead atoms. The van der Waals surface area contributed by atoms with Crippen LogP contribution in [0.3, 0.4) is 0 Å². The summed E-state index contributed by atoms with van der Waals surface area (Å²) in [6, 6.07) is 6.75. The van der Waals surface area contributed by atoms with Gasteiger partial charge in [-0.05, 0) is 30.7 Å². The van der Waals surface area contributed by atoms with Gasteiger partial charge in [0.25, 0.3) is 6.01 Å². The van der Waals surface area contributed by atoms with Crippen molar-refractivity contribution in [2.24, 2.45) is 0 Å². The summed E-state index contributed by atoms with van der Waals surface area (Å²) in [5, 5.41) is 0. The first-order valence-electron chi connectivity index (χ1n) is 5.08. The van der Waals surface area contributed by atoms with Crippen LogP contribution < -0.4 is 4.74 Å². The molecule has 0 atom stereocenters. The van der Waals surface area contributed by atoms with E-state index in [1.165, 1.54) is 0 Å². The minimum Gasteiger partial charge on any atom is -0.497 e. The first-order valence-corrected chi connectivity index (χ1v) is 5.08. The Hall–Kier alpha value is -1.77. The third-order valence-corrected chi connectivity index (χ3v) is 2.52. The van der Waals surface area contributed by atoms with E-state index in [0.717, 1.165) is 11.3 Å². The SMILES string of the molecule is COc1ccc(C2=C(F)OC(C)=CC2)cc1. The number of hydrogen-bond donors (Lipinski definition) is 0.